The van der Waals surface area contributed by atoms with Gasteiger partial charge in [0.15, 0.2) is 0 Å². The Balaban J connectivity index is 2.18. The summed E-state index contributed by atoms with van der Waals surface area (Å²) in [6.45, 7) is 0. The number of carbonyl (C=O) groups excluding carboxylic acids is 3. The van der Waals surface area contributed by atoms with Crippen molar-refractivity contribution >= 4 is 17.9 Å². The van der Waals surface area contributed by atoms with Gasteiger partial charge in [-0.1, -0.05) is 30.3 Å². The number of halogens is 3. The Morgan fingerprint density at radius 1 is 0.964 bits per heavy atom. The van der Waals surface area contributed by atoms with Crippen LogP contribution >= 0.6 is 0 Å². The molecule has 28 heavy (non-hydrogen) atoms. The number of ether oxygens (including phenoxy) is 2. The molecule has 0 bridgehead atoms. The van der Waals surface area contributed by atoms with E-state index in [2.05, 4.69) is 10.1 Å². The summed E-state index contributed by atoms with van der Waals surface area (Å²) in [6.07, 6.45) is -6.31. The highest BCUT2D eigenvalue weighted by atomic mass is 19.4. The zero-order valence-corrected chi connectivity index (χ0v) is 14.4. The fourth-order valence-corrected chi connectivity index (χ4v) is 2.11. The second-order valence-electron chi connectivity index (χ2n) is 5.34. The molecule has 0 aliphatic heterocycles. The topological polar surface area (TPSA) is 93.7 Å². The van der Waals surface area contributed by atoms with Crippen molar-refractivity contribution in [3.63, 3.8) is 0 Å². The lowest BCUT2D eigenvalue weighted by molar-refractivity contribution is -0.274. The molecule has 0 aliphatic rings. The Labute approximate surface area is 157 Å². The number of rotatable bonds is 5. The van der Waals surface area contributed by atoms with Gasteiger partial charge < -0.3 is 14.8 Å². The van der Waals surface area contributed by atoms with E-state index in [0.717, 1.165) is 24.3 Å². The van der Waals surface area contributed by atoms with Crippen molar-refractivity contribution in [2.45, 2.75) is 12.5 Å². The molecule has 0 aliphatic carbocycles. The van der Waals surface area contributed by atoms with Crippen molar-refractivity contribution in [2.75, 3.05) is 7.05 Å². The first-order valence-electron chi connectivity index (χ1n) is 7.84. The second-order valence-corrected chi connectivity index (χ2v) is 5.34. The monoisotopic (exact) mass is 396 g/mol. The minimum Gasteiger partial charge on any atom is -0.444 e. The van der Waals surface area contributed by atoms with Crippen LogP contribution in [0, 0.1) is 0 Å². The van der Waals surface area contributed by atoms with Gasteiger partial charge in [0.1, 0.15) is 5.75 Å². The van der Waals surface area contributed by atoms with Crippen LogP contribution in [0.5, 0.6) is 5.75 Å². The van der Waals surface area contributed by atoms with Crippen molar-refractivity contribution in [1.29, 1.82) is 0 Å². The number of nitrogens with one attached hydrogen (secondary N) is 2. The minimum atomic E-state index is -4.86. The number of imide groups is 1. The molecule has 0 unspecified atom stereocenters. The first kappa shape index (κ1) is 20.7. The summed E-state index contributed by atoms with van der Waals surface area (Å²) in [5.41, 5.74) is 0.192. The highest BCUT2D eigenvalue weighted by Gasteiger charge is 2.31. The average molecular weight is 396 g/mol. The molecule has 2 rings (SSSR count). The molecule has 0 saturated heterocycles. The van der Waals surface area contributed by atoms with Gasteiger partial charge in [-0.25, -0.2) is 9.59 Å². The predicted octanol–water partition coefficient (Wildman–Crippen LogP) is 2.94. The van der Waals surface area contributed by atoms with Gasteiger partial charge in [-0.3, -0.25) is 10.1 Å². The van der Waals surface area contributed by atoms with Gasteiger partial charge in [0.2, 0.25) is 6.10 Å². The van der Waals surface area contributed by atoms with Gasteiger partial charge in [0.05, 0.1) is 5.56 Å². The molecule has 2 aromatic rings. The summed E-state index contributed by atoms with van der Waals surface area (Å²) in [7, 11) is 1.30. The molecule has 3 amide bonds. The molecule has 0 heterocycles. The van der Waals surface area contributed by atoms with E-state index in [1.807, 2.05) is 5.32 Å². The van der Waals surface area contributed by atoms with Gasteiger partial charge >= 0.3 is 18.4 Å². The molecule has 0 spiro atoms. The van der Waals surface area contributed by atoms with Crippen LogP contribution in [0.3, 0.4) is 0 Å². The molecule has 2 aromatic carbocycles. The number of amides is 3. The highest BCUT2D eigenvalue weighted by molar-refractivity contribution is 5.99. The molecular formula is C18H15F3N2O5. The maximum atomic E-state index is 12.3. The number of alkyl halides is 3. The number of carbonyl (C=O) groups is 3. The maximum Gasteiger partial charge on any atom is 0.573 e. The SMILES string of the molecule is CNC(=O)NC(=O)[C@H](OC(=O)c1ccc(OC(F)(F)F)cc1)c1ccccc1. The Hall–Kier alpha value is -3.56. The smallest absolute Gasteiger partial charge is 0.444 e. The van der Waals surface area contributed by atoms with Crippen molar-refractivity contribution in [3.8, 4) is 5.75 Å². The van der Waals surface area contributed by atoms with Crippen LogP contribution in [0.4, 0.5) is 18.0 Å². The largest absolute Gasteiger partial charge is 0.573 e. The summed E-state index contributed by atoms with van der Waals surface area (Å²) < 4.78 is 45.5. The fourth-order valence-electron chi connectivity index (χ4n) is 2.11. The van der Waals surface area contributed by atoms with Gasteiger partial charge in [0, 0.05) is 12.6 Å². The van der Waals surface area contributed by atoms with Crippen LogP contribution in [0.15, 0.2) is 54.6 Å². The van der Waals surface area contributed by atoms with Crippen LogP contribution in [0.25, 0.3) is 0 Å². The summed E-state index contributed by atoms with van der Waals surface area (Å²) in [6, 6.07) is 11.1. The standard InChI is InChI=1S/C18H15F3N2O5/c1-22-17(26)23-15(24)14(11-5-3-2-4-6-11)27-16(25)12-7-9-13(10-8-12)28-18(19,20)21/h2-10,14H,1H3,(H2,22,23,24,26)/t14-/m1/s1. The molecule has 0 saturated carbocycles. The highest BCUT2D eigenvalue weighted by Crippen LogP contribution is 2.24. The minimum absolute atomic E-state index is 0.108. The first-order valence-corrected chi connectivity index (χ1v) is 7.84. The van der Waals surface area contributed by atoms with Crippen LogP contribution in [-0.4, -0.2) is 31.3 Å². The van der Waals surface area contributed by atoms with Crippen LogP contribution in [0.2, 0.25) is 0 Å². The van der Waals surface area contributed by atoms with Crippen molar-refractivity contribution in [2.24, 2.45) is 0 Å². The lowest BCUT2D eigenvalue weighted by Gasteiger charge is -2.17. The summed E-state index contributed by atoms with van der Waals surface area (Å²) in [5, 5.41) is 4.20. The molecule has 2 N–H and O–H groups in total. The van der Waals surface area contributed by atoms with Gasteiger partial charge in [0.25, 0.3) is 5.91 Å². The van der Waals surface area contributed by atoms with E-state index in [1.54, 1.807) is 18.2 Å². The Kier molecular flexibility index (Phi) is 6.59. The van der Waals surface area contributed by atoms with Gasteiger partial charge in [-0.15, -0.1) is 13.2 Å². The van der Waals surface area contributed by atoms with Crippen LogP contribution in [0.1, 0.15) is 22.0 Å². The fraction of sp³-hybridized carbons (Fsp3) is 0.167. The number of esters is 1. The van der Waals surface area contributed by atoms with Crippen molar-refractivity contribution < 1.29 is 37.0 Å². The molecule has 1 atom stereocenters. The summed E-state index contributed by atoms with van der Waals surface area (Å²) in [4.78, 5) is 36.0. The predicted molar refractivity (Wildman–Crippen MR) is 90.3 cm³/mol. The number of urea groups is 1. The Morgan fingerprint density at radius 2 is 1.57 bits per heavy atom. The maximum absolute atomic E-state index is 12.3. The molecule has 10 heteroatoms. The molecule has 0 fully saturated rings. The Bertz CT molecular complexity index is 839. The van der Waals surface area contributed by atoms with Crippen LogP contribution in [-0.2, 0) is 9.53 Å². The van der Waals surface area contributed by atoms with E-state index in [1.165, 1.54) is 19.2 Å². The van der Waals surface area contributed by atoms with E-state index in [-0.39, 0.29) is 5.56 Å². The Morgan fingerprint density at radius 3 is 2.11 bits per heavy atom. The van der Waals surface area contributed by atoms with Crippen molar-refractivity contribution in [1.82, 2.24) is 10.6 Å². The summed E-state index contributed by atoms with van der Waals surface area (Å²) in [5.74, 6) is -2.38. The van der Waals surface area contributed by atoms with Crippen molar-refractivity contribution in [3.05, 3.63) is 65.7 Å². The lowest BCUT2D eigenvalue weighted by atomic mass is 10.1. The number of hydrogen-bond donors (Lipinski definition) is 2. The normalized spacial score (nSPS) is 11.9. The van der Waals surface area contributed by atoms with E-state index < -0.39 is 36.1 Å². The zero-order valence-electron chi connectivity index (χ0n) is 14.4. The van der Waals surface area contributed by atoms with E-state index in [0.29, 0.717) is 5.56 Å². The van der Waals surface area contributed by atoms with Gasteiger partial charge in [-0.2, -0.15) is 0 Å². The quantitative estimate of drug-likeness (QED) is 0.758. The number of benzene rings is 2. The average Bonchev–Trinajstić information content (AvgIpc) is 2.65. The third-order valence-electron chi connectivity index (χ3n) is 3.35. The van der Waals surface area contributed by atoms with E-state index in [4.69, 9.17) is 4.74 Å². The molecule has 7 nitrogen and oxygen atoms in total. The van der Waals surface area contributed by atoms with E-state index >= 15 is 0 Å². The third kappa shape index (κ3) is 6.01. The molecule has 0 radical (unpaired) electrons. The summed E-state index contributed by atoms with van der Waals surface area (Å²) >= 11 is 0. The molecular weight excluding hydrogens is 381 g/mol. The second kappa shape index (κ2) is 8.89. The zero-order chi connectivity index (χ0) is 20.7. The third-order valence-corrected chi connectivity index (χ3v) is 3.35. The lowest BCUT2D eigenvalue weighted by Crippen LogP contribution is -2.41. The number of hydrogen-bond acceptors (Lipinski definition) is 5. The van der Waals surface area contributed by atoms with E-state index in [9.17, 15) is 27.6 Å². The van der Waals surface area contributed by atoms with Gasteiger partial charge in [-0.05, 0) is 24.3 Å². The first-order chi connectivity index (χ1) is 13.2. The van der Waals surface area contributed by atoms with Crippen LogP contribution < -0.4 is 15.4 Å². The molecule has 0 aromatic heterocycles. The molecule has 148 valence electrons.